The monoisotopic (exact) mass is 346 g/mol. The van der Waals surface area contributed by atoms with Crippen molar-refractivity contribution in [2.75, 3.05) is 0 Å². The number of hydrogen-bond donors (Lipinski definition) is 0. The van der Waals surface area contributed by atoms with Crippen molar-refractivity contribution in [1.29, 1.82) is 0 Å². The molecule has 124 valence electrons. The van der Waals surface area contributed by atoms with E-state index in [4.69, 9.17) is 9.47 Å². The summed E-state index contributed by atoms with van der Waals surface area (Å²) in [4.78, 5) is 27.4. The van der Waals surface area contributed by atoms with Gasteiger partial charge < -0.3 is 9.47 Å². The largest absolute Gasteiger partial charge is 0.514 e. The minimum Gasteiger partial charge on any atom is -0.427 e. The number of benzene rings is 1. The van der Waals surface area contributed by atoms with Crippen LogP contribution in [-0.2, 0) is 17.8 Å². The lowest BCUT2D eigenvalue weighted by molar-refractivity contribution is -0.384. The van der Waals surface area contributed by atoms with Crippen molar-refractivity contribution < 1.29 is 19.2 Å². The minimum atomic E-state index is -0.871. The van der Waals surface area contributed by atoms with Gasteiger partial charge in [0.05, 0.1) is 15.5 Å². The van der Waals surface area contributed by atoms with E-state index >= 15 is 0 Å². The predicted octanol–water partition coefficient (Wildman–Crippen LogP) is 4.12. The molecule has 8 heteroatoms. The first kappa shape index (κ1) is 16.1. The topological polar surface area (TPSA) is 91.6 Å². The van der Waals surface area contributed by atoms with Gasteiger partial charge in [-0.15, -0.1) is 11.3 Å². The molecule has 0 bridgehead atoms. The third-order valence-corrected chi connectivity index (χ3v) is 4.70. The minimum absolute atomic E-state index is 0.0385. The van der Waals surface area contributed by atoms with Crippen LogP contribution in [0.1, 0.15) is 28.9 Å². The predicted molar refractivity (Wildman–Crippen MR) is 88.0 cm³/mol. The number of non-ortho nitro benzene ring substituents is 1. The molecule has 1 aromatic heterocycles. The second-order valence-corrected chi connectivity index (χ2v) is 6.28. The van der Waals surface area contributed by atoms with E-state index in [1.54, 1.807) is 0 Å². The molecular weight excluding hydrogens is 332 g/mol. The van der Waals surface area contributed by atoms with Gasteiger partial charge in [0.2, 0.25) is 0 Å². The molecule has 24 heavy (non-hydrogen) atoms. The Hall–Kier alpha value is -2.74. The zero-order chi connectivity index (χ0) is 17.1. The Morgan fingerprint density at radius 3 is 2.79 bits per heavy atom. The van der Waals surface area contributed by atoms with E-state index in [1.165, 1.54) is 41.2 Å². The number of hydrogen-bond acceptors (Lipinski definition) is 7. The number of nitrogens with zero attached hydrogens (tertiary/aromatic N) is 2. The van der Waals surface area contributed by atoms with Crippen LogP contribution in [0, 0.1) is 10.1 Å². The van der Waals surface area contributed by atoms with Crippen LogP contribution < -0.4 is 4.74 Å². The first-order valence-corrected chi connectivity index (χ1v) is 8.09. The average molecular weight is 346 g/mol. The normalized spacial score (nSPS) is 13.0. The van der Waals surface area contributed by atoms with E-state index in [1.807, 2.05) is 6.92 Å². The van der Waals surface area contributed by atoms with Crippen molar-refractivity contribution in [3.05, 3.63) is 56.0 Å². The Bertz CT molecular complexity index is 810. The highest BCUT2D eigenvalue weighted by Crippen LogP contribution is 2.31. The Morgan fingerprint density at radius 2 is 2.12 bits per heavy atom. The van der Waals surface area contributed by atoms with Crippen LogP contribution in [0.4, 0.5) is 10.5 Å². The summed E-state index contributed by atoms with van der Waals surface area (Å²) >= 11 is 1.51. The standard InChI is InChI=1S/C16H14N2O5S/c1-10-3-2-4-13-15(10)24-14(17-13)9-22-16(19)23-12-7-5-11(6-8-12)18(20)21/h3,5-8H,2,4,9H2,1H3. The fourth-order valence-corrected chi connectivity index (χ4v) is 3.36. The Morgan fingerprint density at radius 1 is 1.38 bits per heavy atom. The number of rotatable bonds is 4. The van der Waals surface area contributed by atoms with Gasteiger partial charge in [-0.25, -0.2) is 9.78 Å². The van der Waals surface area contributed by atoms with E-state index < -0.39 is 11.1 Å². The molecule has 7 nitrogen and oxygen atoms in total. The maximum absolute atomic E-state index is 11.7. The summed E-state index contributed by atoms with van der Waals surface area (Å²) in [6.07, 6.45) is 3.18. The van der Waals surface area contributed by atoms with Gasteiger partial charge in [0.15, 0.2) is 0 Å². The number of carbonyl (C=O) groups excluding carboxylic acids is 1. The number of nitro groups is 1. The number of aromatic nitrogens is 1. The quantitative estimate of drug-likeness (QED) is 0.358. The maximum atomic E-state index is 11.7. The zero-order valence-electron chi connectivity index (χ0n) is 12.9. The molecule has 1 aromatic carbocycles. The van der Waals surface area contributed by atoms with E-state index in [2.05, 4.69) is 11.1 Å². The highest BCUT2D eigenvalue weighted by molar-refractivity contribution is 7.12. The molecule has 2 aromatic rings. The highest BCUT2D eigenvalue weighted by atomic mass is 32.1. The summed E-state index contributed by atoms with van der Waals surface area (Å²) in [5.74, 6) is 0.183. The Kier molecular flexibility index (Phi) is 4.57. The van der Waals surface area contributed by atoms with Crippen molar-refractivity contribution in [2.24, 2.45) is 0 Å². The molecule has 0 saturated heterocycles. The van der Waals surface area contributed by atoms with Crippen LogP contribution in [0.3, 0.4) is 0 Å². The van der Waals surface area contributed by atoms with E-state index in [-0.39, 0.29) is 18.0 Å². The van der Waals surface area contributed by atoms with Gasteiger partial charge >= 0.3 is 6.16 Å². The summed E-state index contributed by atoms with van der Waals surface area (Å²) in [6, 6.07) is 5.20. The van der Waals surface area contributed by atoms with Gasteiger partial charge in [-0.2, -0.15) is 0 Å². The molecule has 0 aliphatic heterocycles. The van der Waals surface area contributed by atoms with Gasteiger partial charge in [0.25, 0.3) is 5.69 Å². The van der Waals surface area contributed by atoms with Gasteiger partial charge in [-0.05, 0) is 37.5 Å². The van der Waals surface area contributed by atoms with Gasteiger partial charge in [0.1, 0.15) is 17.4 Å². The van der Waals surface area contributed by atoms with Crippen molar-refractivity contribution in [1.82, 2.24) is 4.98 Å². The number of aryl methyl sites for hydroxylation is 1. The van der Waals surface area contributed by atoms with Crippen LogP contribution in [0.15, 0.2) is 30.3 Å². The molecule has 0 atom stereocenters. The lowest BCUT2D eigenvalue weighted by atomic mass is 10.0. The molecule has 1 heterocycles. The Labute approximate surface area is 141 Å². The van der Waals surface area contributed by atoms with Crippen molar-refractivity contribution >= 4 is 28.8 Å². The summed E-state index contributed by atoms with van der Waals surface area (Å²) in [5, 5.41) is 11.3. The van der Waals surface area contributed by atoms with Crippen LogP contribution in [0.5, 0.6) is 5.75 Å². The molecule has 0 amide bonds. The number of carbonyl (C=O) groups is 1. The summed E-state index contributed by atoms with van der Waals surface area (Å²) in [6.45, 7) is 2.08. The molecular formula is C16H14N2O5S. The molecule has 0 fully saturated rings. The molecule has 1 aliphatic carbocycles. The maximum Gasteiger partial charge on any atom is 0.514 e. The number of ether oxygens (including phenoxy) is 2. The number of thiazole rings is 1. The average Bonchev–Trinajstić information content (AvgIpc) is 2.98. The van der Waals surface area contributed by atoms with E-state index in [0.29, 0.717) is 0 Å². The SMILES string of the molecule is CC1=CCCc2nc(COC(=O)Oc3ccc([N+](=O)[O-])cc3)sc21. The lowest BCUT2D eigenvalue weighted by Gasteiger charge is -2.06. The summed E-state index contributed by atoms with van der Waals surface area (Å²) in [5.41, 5.74) is 2.17. The van der Waals surface area contributed by atoms with Crippen molar-refractivity contribution in [2.45, 2.75) is 26.4 Å². The first-order valence-electron chi connectivity index (χ1n) is 7.27. The zero-order valence-corrected chi connectivity index (χ0v) is 13.7. The Balaban J connectivity index is 1.56. The second-order valence-electron chi connectivity index (χ2n) is 5.20. The van der Waals surface area contributed by atoms with Crippen LogP contribution in [0.2, 0.25) is 0 Å². The van der Waals surface area contributed by atoms with E-state index in [0.717, 1.165) is 28.4 Å². The molecule has 3 rings (SSSR count). The third kappa shape index (κ3) is 3.60. The van der Waals surface area contributed by atoms with Crippen LogP contribution in [0.25, 0.3) is 5.57 Å². The van der Waals surface area contributed by atoms with Crippen LogP contribution in [-0.4, -0.2) is 16.1 Å². The van der Waals surface area contributed by atoms with Gasteiger partial charge in [-0.1, -0.05) is 6.08 Å². The third-order valence-electron chi connectivity index (χ3n) is 3.49. The molecule has 0 N–H and O–H groups in total. The number of fused-ring (bicyclic) bond motifs is 1. The first-order chi connectivity index (χ1) is 11.5. The van der Waals surface area contributed by atoms with Crippen molar-refractivity contribution in [3.63, 3.8) is 0 Å². The molecule has 0 unspecified atom stereocenters. The molecule has 1 aliphatic rings. The highest BCUT2D eigenvalue weighted by Gasteiger charge is 2.17. The number of nitro benzene ring substituents is 1. The van der Waals surface area contributed by atoms with E-state index in [9.17, 15) is 14.9 Å². The van der Waals surface area contributed by atoms with Crippen LogP contribution >= 0.6 is 11.3 Å². The fourth-order valence-electron chi connectivity index (χ4n) is 2.34. The van der Waals surface area contributed by atoms with Gasteiger partial charge in [0, 0.05) is 12.1 Å². The summed E-state index contributed by atoms with van der Waals surface area (Å²) < 4.78 is 10.0. The summed E-state index contributed by atoms with van der Waals surface area (Å²) in [7, 11) is 0. The second kappa shape index (κ2) is 6.79. The smallest absolute Gasteiger partial charge is 0.427 e. The van der Waals surface area contributed by atoms with Crippen molar-refractivity contribution in [3.8, 4) is 5.75 Å². The molecule has 0 spiro atoms. The molecule has 0 radical (unpaired) electrons. The number of allylic oxidation sites excluding steroid dienone is 2. The lowest BCUT2D eigenvalue weighted by Crippen LogP contribution is -2.10. The fraction of sp³-hybridized carbons (Fsp3) is 0.250. The van der Waals surface area contributed by atoms with Gasteiger partial charge in [-0.3, -0.25) is 10.1 Å². The molecule has 0 saturated carbocycles.